The third-order valence-electron chi connectivity index (χ3n) is 1.70. The van der Waals surface area contributed by atoms with Gasteiger partial charge in [-0.05, 0) is 22.0 Å². The quantitative estimate of drug-likeness (QED) is 0.809. The molecule has 0 aliphatic carbocycles. The molecule has 13 heavy (non-hydrogen) atoms. The summed E-state index contributed by atoms with van der Waals surface area (Å²) in [6.45, 7) is 0. The lowest BCUT2D eigenvalue weighted by Crippen LogP contribution is -2.09. The summed E-state index contributed by atoms with van der Waals surface area (Å²) in [5.41, 5.74) is 1.13. The first-order chi connectivity index (χ1) is 6.06. The summed E-state index contributed by atoms with van der Waals surface area (Å²) in [5.74, 6) is 0.00176. The van der Waals surface area contributed by atoms with Crippen molar-refractivity contribution in [2.75, 3.05) is 19.0 Å². The lowest BCUT2D eigenvalue weighted by molar-refractivity contribution is 0.112. The fourth-order valence-electron chi connectivity index (χ4n) is 1.00. The van der Waals surface area contributed by atoms with Gasteiger partial charge in [0.15, 0.2) is 6.29 Å². The fourth-order valence-corrected chi connectivity index (χ4v) is 1.72. The van der Waals surface area contributed by atoms with E-state index in [2.05, 4.69) is 15.9 Å². The van der Waals surface area contributed by atoms with Crippen molar-refractivity contribution < 1.29 is 9.90 Å². The molecule has 1 rings (SSSR count). The van der Waals surface area contributed by atoms with Crippen LogP contribution in [0.4, 0.5) is 5.69 Å². The molecule has 0 unspecified atom stereocenters. The van der Waals surface area contributed by atoms with E-state index in [1.54, 1.807) is 12.1 Å². The molecule has 70 valence electrons. The second-order valence-electron chi connectivity index (χ2n) is 2.87. The molecule has 0 fully saturated rings. The minimum atomic E-state index is 0.00176. The van der Waals surface area contributed by atoms with E-state index in [-0.39, 0.29) is 11.3 Å². The molecule has 0 aromatic heterocycles. The number of aldehydes is 1. The highest BCUT2D eigenvalue weighted by Gasteiger charge is 2.07. The Labute approximate surface area is 85.1 Å². The Bertz CT molecular complexity index is 337. The van der Waals surface area contributed by atoms with Crippen LogP contribution in [0, 0.1) is 0 Å². The average Bonchev–Trinajstić information content (AvgIpc) is 2.07. The van der Waals surface area contributed by atoms with Gasteiger partial charge in [0.2, 0.25) is 0 Å². The first-order valence-electron chi connectivity index (χ1n) is 3.71. The van der Waals surface area contributed by atoms with Crippen LogP contribution in [0.2, 0.25) is 0 Å². The van der Waals surface area contributed by atoms with Gasteiger partial charge in [-0.3, -0.25) is 4.79 Å². The Morgan fingerprint density at radius 2 is 2.08 bits per heavy atom. The number of nitrogens with zero attached hydrogens (tertiary/aromatic N) is 1. The van der Waals surface area contributed by atoms with Gasteiger partial charge in [0.1, 0.15) is 5.75 Å². The molecule has 0 aliphatic rings. The van der Waals surface area contributed by atoms with Crippen LogP contribution in [-0.4, -0.2) is 25.5 Å². The normalized spacial score (nSPS) is 9.77. The topological polar surface area (TPSA) is 40.5 Å². The van der Waals surface area contributed by atoms with Crippen molar-refractivity contribution in [3.05, 3.63) is 22.2 Å². The van der Waals surface area contributed by atoms with Gasteiger partial charge < -0.3 is 10.0 Å². The van der Waals surface area contributed by atoms with E-state index >= 15 is 0 Å². The summed E-state index contributed by atoms with van der Waals surface area (Å²) >= 11 is 3.31. The van der Waals surface area contributed by atoms with Crippen LogP contribution in [0.25, 0.3) is 0 Å². The highest BCUT2D eigenvalue weighted by molar-refractivity contribution is 9.10. The minimum Gasteiger partial charge on any atom is -0.507 e. The molecule has 1 aromatic rings. The molecule has 0 spiro atoms. The zero-order chi connectivity index (χ0) is 10.0. The number of hydrogen-bond donors (Lipinski definition) is 1. The number of carbonyl (C=O) groups excluding carboxylic acids is 1. The number of phenols is 1. The van der Waals surface area contributed by atoms with Gasteiger partial charge in [-0.2, -0.15) is 0 Å². The number of rotatable bonds is 2. The van der Waals surface area contributed by atoms with Crippen molar-refractivity contribution in [3.8, 4) is 5.75 Å². The van der Waals surface area contributed by atoms with Crippen LogP contribution in [-0.2, 0) is 0 Å². The number of benzene rings is 1. The summed E-state index contributed by atoms with van der Waals surface area (Å²) in [6.07, 6.45) is 0.625. The fraction of sp³-hybridized carbons (Fsp3) is 0.222. The highest BCUT2D eigenvalue weighted by Crippen LogP contribution is 2.31. The van der Waals surface area contributed by atoms with Gasteiger partial charge in [-0.1, -0.05) is 0 Å². The molecule has 0 bridgehead atoms. The largest absolute Gasteiger partial charge is 0.507 e. The zero-order valence-electron chi connectivity index (χ0n) is 7.41. The maximum absolute atomic E-state index is 10.5. The van der Waals surface area contributed by atoms with Gasteiger partial charge in [0.05, 0.1) is 11.3 Å². The van der Waals surface area contributed by atoms with E-state index in [1.807, 2.05) is 19.0 Å². The molecule has 0 radical (unpaired) electrons. The van der Waals surface area contributed by atoms with Gasteiger partial charge in [-0.15, -0.1) is 0 Å². The summed E-state index contributed by atoms with van der Waals surface area (Å²) in [7, 11) is 3.72. The predicted octanol–water partition coefficient (Wildman–Crippen LogP) is 2.03. The average molecular weight is 244 g/mol. The first-order valence-corrected chi connectivity index (χ1v) is 4.50. The summed E-state index contributed by atoms with van der Waals surface area (Å²) in [6, 6.07) is 3.14. The SMILES string of the molecule is CN(C)c1cc(O)c(C=O)cc1Br. The van der Waals surface area contributed by atoms with Crippen LogP contribution in [0.5, 0.6) is 5.75 Å². The minimum absolute atomic E-state index is 0.00176. The van der Waals surface area contributed by atoms with Crippen LogP contribution in [0.3, 0.4) is 0 Å². The Balaban J connectivity index is 3.28. The number of aromatic hydroxyl groups is 1. The van der Waals surface area contributed by atoms with E-state index < -0.39 is 0 Å². The summed E-state index contributed by atoms with van der Waals surface area (Å²) in [5, 5.41) is 9.39. The standard InChI is InChI=1S/C9H10BrNO2/c1-11(2)8-4-9(13)6(5-12)3-7(8)10/h3-5,13H,1-2H3. The van der Waals surface area contributed by atoms with Crippen molar-refractivity contribution in [3.63, 3.8) is 0 Å². The van der Waals surface area contributed by atoms with E-state index in [0.717, 1.165) is 10.2 Å². The monoisotopic (exact) mass is 243 g/mol. The highest BCUT2D eigenvalue weighted by atomic mass is 79.9. The molecule has 1 N–H and O–H groups in total. The molecule has 4 heteroatoms. The van der Waals surface area contributed by atoms with Crippen molar-refractivity contribution in [1.29, 1.82) is 0 Å². The number of hydrogen-bond acceptors (Lipinski definition) is 3. The Morgan fingerprint density at radius 3 is 2.54 bits per heavy atom. The summed E-state index contributed by atoms with van der Waals surface area (Å²) < 4.78 is 0.789. The number of phenolic OH excluding ortho intramolecular Hbond substituents is 1. The van der Waals surface area contributed by atoms with Crippen molar-refractivity contribution in [2.24, 2.45) is 0 Å². The van der Waals surface area contributed by atoms with Gasteiger partial charge >= 0.3 is 0 Å². The third kappa shape index (κ3) is 2.01. The molecule has 0 saturated heterocycles. The molecular weight excluding hydrogens is 234 g/mol. The number of anilines is 1. The third-order valence-corrected chi connectivity index (χ3v) is 2.34. The molecular formula is C9H10BrNO2. The van der Waals surface area contributed by atoms with E-state index in [1.165, 1.54) is 0 Å². The predicted molar refractivity (Wildman–Crippen MR) is 55.5 cm³/mol. The van der Waals surface area contributed by atoms with Crippen LogP contribution < -0.4 is 4.90 Å². The molecule has 0 amide bonds. The van der Waals surface area contributed by atoms with Crippen LogP contribution in [0.15, 0.2) is 16.6 Å². The van der Waals surface area contributed by atoms with Gasteiger partial charge in [0.25, 0.3) is 0 Å². The molecule has 0 heterocycles. The Morgan fingerprint density at radius 1 is 1.46 bits per heavy atom. The Kier molecular flexibility index (Phi) is 2.93. The molecule has 0 saturated carbocycles. The lowest BCUT2D eigenvalue weighted by Gasteiger charge is -2.15. The van der Waals surface area contributed by atoms with Gasteiger partial charge in [-0.25, -0.2) is 0 Å². The number of carbonyl (C=O) groups is 1. The zero-order valence-corrected chi connectivity index (χ0v) is 9.00. The number of halogens is 1. The second kappa shape index (κ2) is 3.79. The molecule has 0 aliphatic heterocycles. The maximum Gasteiger partial charge on any atom is 0.153 e. The second-order valence-corrected chi connectivity index (χ2v) is 3.73. The smallest absolute Gasteiger partial charge is 0.153 e. The van der Waals surface area contributed by atoms with Gasteiger partial charge in [0, 0.05) is 24.6 Å². The van der Waals surface area contributed by atoms with E-state index in [0.29, 0.717) is 6.29 Å². The molecule has 0 atom stereocenters. The van der Waals surface area contributed by atoms with Crippen molar-refractivity contribution >= 4 is 27.9 Å². The van der Waals surface area contributed by atoms with Crippen molar-refractivity contribution in [1.82, 2.24) is 0 Å². The van der Waals surface area contributed by atoms with Crippen molar-refractivity contribution in [2.45, 2.75) is 0 Å². The van der Waals surface area contributed by atoms with Crippen LogP contribution >= 0.6 is 15.9 Å². The molecule has 3 nitrogen and oxygen atoms in total. The maximum atomic E-state index is 10.5. The Hall–Kier alpha value is -1.03. The lowest BCUT2D eigenvalue weighted by atomic mass is 10.2. The van der Waals surface area contributed by atoms with Crippen LogP contribution in [0.1, 0.15) is 10.4 Å². The van der Waals surface area contributed by atoms with E-state index in [9.17, 15) is 9.90 Å². The first kappa shape index (κ1) is 10.1. The van der Waals surface area contributed by atoms with E-state index in [4.69, 9.17) is 0 Å². The summed E-state index contributed by atoms with van der Waals surface area (Å²) in [4.78, 5) is 12.3. The molecule has 1 aromatic carbocycles.